The minimum Gasteiger partial charge on any atom is -0.327 e. The summed E-state index contributed by atoms with van der Waals surface area (Å²) in [7, 11) is 0. The molecule has 0 spiro atoms. The smallest absolute Gasteiger partial charge is 0.176 e. The van der Waals surface area contributed by atoms with Gasteiger partial charge in [0.15, 0.2) is 5.67 Å². The standard InChI is InChI=1S/C14H12F3N/c15-11-6-7-13(16)12(8-11)14(17,9-18)10-4-2-1-3-5-10/h1-8H,9,18H2. The van der Waals surface area contributed by atoms with Crippen molar-refractivity contribution in [2.24, 2.45) is 5.73 Å². The molecule has 0 amide bonds. The number of hydrogen-bond donors (Lipinski definition) is 1. The van der Waals surface area contributed by atoms with Crippen LogP contribution in [0.15, 0.2) is 48.5 Å². The molecule has 0 saturated carbocycles. The molecule has 0 radical (unpaired) electrons. The van der Waals surface area contributed by atoms with Crippen molar-refractivity contribution in [1.82, 2.24) is 0 Å². The lowest BCUT2D eigenvalue weighted by atomic mass is 9.88. The molecular formula is C14H12F3N. The second-order valence-electron chi connectivity index (χ2n) is 4.00. The molecule has 2 aromatic carbocycles. The van der Waals surface area contributed by atoms with Crippen molar-refractivity contribution < 1.29 is 13.2 Å². The minimum atomic E-state index is -2.23. The Balaban J connectivity index is 2.60. The Bertz CT molecular complexity index is 542. The van der Waals surface area contributed by atoms with Gasteiger partial charge in [-0.15, -0.1) is 0 Å². The summed E-state index contributed by atoms with van der Waals surface area (Å²) >= 11 is 0. The topological polar surface area (TPSA) is 26.0 Å². The van der Waals surface area contributed by atoms with Gasteiger partial charge in [-0.2, -0.15) is 0 Å². The average Bonchev–Trinajstić information content (AvgIpc) is 2.41. The van der Waals surface area contributed by atoms with Crippen molar-refractivity contribution in [3.05, 3.63) is 71.3 Å². The van der Waals surface area contributed by atoms with Crippen LogP contribution in [-0.4, -0.2) is 6.54 Å². The molecular weight excluding hydrogens is 239 g/mol. The number of nitrogens with two attached hydrogens (primary N) is 1. The van der Waals surface area contributed by atoms with E-state index in [9.17, 15) is 13.2 Å². The molecule has 0 aliphatic heterocycles. The summed E-state index contributed by atoms with van der Waals surface area (Å²) in [6, 6.07) is 10.6. The van der Waals surface area contributed by atoms with E-state index in [-0.39, 0.29) is 11.1 Å². The van der Waals surface area contributed by atoms with Crippen molar-refractivity contribution in [1.29, 1.82) is 0 Å². The fraction of sp³-hybridized carbons (Fsp3) is 0.143. The second kappa shape index (κ2) is 4.82. The highest BCUT2D eigenvalue weighted by Crippen LogP contribution is 2.34. The molecule has 1 unspecified atom stereocenters. The van der Waals surface area contributed by atoms with Gasteiger partial charge in [0.1, 0.15) is 11.6 Å². The first-order valence-electron chi connectivity index (χ1n) is 5.48. The molecule has 0 fully saturated rings. The zero-order chi connectivity index (χ0) is 13.2. The zero-order valence-corrected chi connectivity index (χ0v) is 9.54. The van der Waals surface area contributed by atoms with Crippen molar-refractivity contribution in [2.45, 2.75) is 5.67 Å². The molecule has 0 heterocycles. The summed E-state index contributed by atoms with van der Waals surface area (Å²) < 4.78 is 41.7. The number of halogens is 3. The van der Waals surface area contributed by atoms with E-state index in [1.165, 1.54) is 12.1 Å². The molecule has 0 aliphatic rings. The first kappa shape index (κ1) is 12.6. The van der Waals surface area contributed by atoms with Gasteiger partial charge < -0.3 is 5.73 Å². The lowest BCUT2D eigenvalue weighted by Crippen LogP contribution is -2.32. The van der Waals surface area contributed by atoms with Crippen LogP contribution in [0.25, 0.3) is 0 Å². The molecule has 0 aliphatic carbocycles. The van der Waals surface area contributed by atoms with E-state index in [0.717, 1.165) is 18.2 Å². The Morgan fingerprint density at radius 1 is 1.00 bits per heavy atom. The predicted molar refractivity (Wildman–Crippen MR) is 63.7 cm³/mol. The molecule has 2 rings (SSSR count). The van der Waals surface area contributed by atoms with Crippen LogP contribution in [-0.2, 0) is 5.67 Å². The summed E-state index contributed by atoms with van der Waals surface area (Å²) in [5.41, 5.74) is 3.02. The summed E-state index contributed by atoms with van der Waals surface area (Å²) in [4.78, 5) is 0. The Hall–Kier alpha value is -1.81. The van der Waals surface area contributed by atoms with Gasteiger partial charge in [0.25, 0.3) is 0 Å². The van der Waals surface area contributed by atoms with Crippen LogP contribution in [0.1, 0.15) is 11.1 Å². The van der Waals surface area contributed by atoms with E-state index in [1.54, 1.807) is 18.2 Å². The molecule has 94 valence electrons. The fourth-order valence-corrected chi connectivity index (χ4v) is 1.89. The summed E-state index contributed by atoms with van der Waals surface area (Å²) in [5.74, 6) is -1.51. The first-order chi connectivity index (χ1) is 8.58. The average molecular weight is 251 g/mol. The lowest BCUT2D eigenvalue weighted by Gasteiger charge is -2.25. The maximum atomic E-state index is 14.9. The quantitative estimate of drug-likeness (QED) is 0.891. The highest BCUT2D eigenvalue weighted by atomic mass is 19.2. The van der Waals surface area contributed by atoms with E-state index >= 15 is 0 Å². The normalized spacial score (nSPS) is 14.2. The highest BCUT2D eigenvalue weighted by molar-refractivity contribution is 5.37. The summed E-state index contributed by atoms with van der Waals surface area (Å²) in [6.45, 7) is -0.461. The van der Waals surface area contributed by atoms with E-state index in [2.05, 4.69) is 0 Å². The number of hydrogen-bond acceptors (Lipinski definition) is 1. The predicted octanol–water partition coefficient (Wildman–Crippen LogP) is 3.14. The third-order valence-corrected chi connectivity index (χ3v) is 2.87. The van der Waals surface area contributed by atoms with Gasteiger partial charge in [0, 0.05) is 12.1 Å². The maximum Gasteiger partial charge on any atom is 0.176 e. The van der Waals surface area contributed by atoms with Crippen molar-refractivity contribution in [2.75, 3.05) is 6.54 Å². The van der Waals surface area contributed by atoms with Gasteiger partial charge in [0.2, 0.25) is 0 Å². The van der Waals surface area contributed by atoms with Crippen LogP contribution in [0, 0.1) is 11.6 Å². The fourth-order valence-electron chi connectivity index (χ4n) is 1.89. The monoisotopic (exact) mass is 251 g/mol. The molecule has 0 saturated heterocycles. The summed E-state index contributed by atoms with van der Waals surface area (Å²) in [5, 5.41) is 0. The Morgan fingerprint density at radius 3 is 2.28 bits per heavy atom. The van der Waals surface area contributed by atoms with Gasteiger partial charge in [-0.3, -0.25) is 0 Å². The van der Waals surface area contributed by atoms with Crippen molar-refractivity contribution >= 4 is 0 Å². The number of rotatable bonds is 3. The van der Waals surface area contributed by atoms with E-state index in [1.807, 2.05) is 0 Å². The van der Waals surface area contributed by atoms with Gasteiger partial charge >= 0.3 is 0 Å². The molecule has 0 aromatic heterocycles. The number of alkyl halides is 1. The molecule has 1 atom stereocenters. The van der Waals surface area contributed by atoms with Gasteiger partial charge in [-0.1, -0.05) is 30.3 Å². The number of benzene rings is 2. The second-order valence-corrected chi connectivity index (χ2v) is 4.00. The minimum absolute atomic E-state index is 0.206. The summed E-state index contributed by atoms with van der Waals surface area (Å²) in [6.07, 6.45) is 0. The van der Waals surface area contributed by atoms with E-state index < -0.39 is 23.8 Å². The van der Waals surface area contributed by atoms with Crippen LogP contribution in [0.5, 0.6) is 0 Å². The third-order valence-electron chi connectivity index (χ3n) is 2.87. The SMILES string of the molecule is NCC(F)(c1ccccc1)c1cc(F)ccc1F. The molecule has 0 bridgehead atoms. The molecule has 4 heteroatoms. The largest absolute Gasteiger partial charge is 0.327 e. The molecule has 1 nitrogen and oxygen atoms in total. The van der Waals surface area contributed by atoms with E-state index in [0.29, 0.717) is 0 Å². The molecule has 2 aromatic rings. The Morgan fingerprint density at radius 2 is 1.67 bits per heavy atom. The zero-order valence-electron chi connectivity index (χ0n) is 9.54. The van der Waals surface area contributed by atoms with Crippen LogP contribution in [0.3, 0.4) is 0 Å². The van der Waals surface area contributed by atoms with Crippen LogP contribution >= 0.6 is 0 Å². The maximum absolute atomic E-state index is 14.9. The highest BCUT2D eigenvalue weighted by Gasteiger charge is 2.35. The Kier molecular flexibility index (Phi) is 3.39. The van der Waals surface area contributed by atoms with E-state index in [4.69, 9.17) is 5.73 Å². The van der Waals surface area contributed by atoms with Crippen molar-refractivity contribution in [3.63, 3.8) is 0 Å². The van der Waals surface area contributed by atoms with Crippen LogP contribution in [0.4, 0.5) is 13.2 Å². The lowest BCUT2D eigenvalue weighted by molar-refractivity contribution is 0.224. The molecule has 18 heavy (non-hydrogen) atoms. The van der Waals surface area contributed by atoms with Gasteiger partial charge in [0.05, 0.1) is 0 Å². The molecule has 2 N–H and O–H groups in total. The van der Waals surface area contributed by atoms with Crippen molar-refractivity contribution in [3.8, 4) is 0 Å². The third kappa shape index (κ3) is 2.11. The first-order valence-corrected chi connectivity index (χ1v) is 5.48. The van der Waals surface area contributed by atoms with Crippen LogP contribution < -0.4 is 5.73 Å². The van der Waals surface area contributed by atoms with Gasteiger partial charge in [-0.25, -0.2) is 13.2 Å². The van der Waals surface area contributed by atoms with Crippen LogP contribution in [0.2, 0.25) is 0 Å². The Labute approximate surface area is 103 Å². The van der Waals surface area contributed by atoms with Gasteiger partial charge in [-0.05, 0) is 23.8 Å².